The highest BCUT2D eigenvalue weighted by Gasteiger charge is 2.23. The van der Waals surface area contributed by atoms with Gasteiger partial charge in [0.1, 0.15) is 6.61 Å². The highest BCUT2D eigenvalue weighted by molar-refractivity contribution is 5.68. The Kier molecular flexibility index (Phi) is 3.37. The van der Waals surface area contributed by atoms with Crippen molar-refractivity contribution in [3.8, 4) is 0 Å². The van der Waals surface area contributed by atoms with Crippen LogP contribution in [0, 0.1) is 6.92 Å². The summed E-state index contributed by atoms with van der Waals surface area (Å²) in [6.07, 6.45) is 1.46. The molecule has 1 aliphatic heterocycles. The second-order valence-electron chi connectivity index (χ2n) is 4.93. The Morgan fingerprint density at radius 3 is 2.55 bits per heavy atom. The van der Waals surface area contributed by atoms with Crippen LogP contribution >= 0.6 is 0 Å². The molecule has 0 spiro atoms. The molecule has 20 heavy (non-hydrogen) atoms. The summed E-state index contributed by atoms with van der Waals surface area (Å²) in [6, 6.07) is 11.9. The minimum absolute atomic E-state index is 0.269. The molecule has 2 aromatic rings. The van der Waals surface area contributed by atoms with Crippen molar-refractivity contribution >= 4 is 6.09 Å². The molecule has 0 N–H and O–H groups in total. The molecule has 4 heteroatoms. The molecule has 3 rings (SSSR count). The Bertz CT molecular complexity index is 615. The Morgan fingerprint density at radius 1 is 1.20 bits per heavy atom. The fourth-order valence-corrected chi connectivity index (χ4v) is 2.36. The van der Waals surface area contributed by atoms with E-state index >= 15 is 0 Å². The van der Waals surface area contributed by atoms with Gasteiger partial charge in [-0.3, -0.25) is 9.88 Å². The zero-order valence-corrected chi connectivity index (χ0v) is 11.4. The summed E-state index contributed by atoms with van der Waals surface area (Å²) < 4.78 is 5.37. The second-order valence-corrected chi connectivity index (χ2v) is 4.93. The minimum atomic E-state index is -0.274. The summed E-state index contributed by atoms with van der Waals surface area (Å²) >= 11 is 0. The van der Waals surface area contributed by atoms with Crippen molar-refractivity contribution in [3.63, 3.8) is 0 Å². The van der Waals surface area contributed by atoms with Crippen molar-refractivity contribution in [2.75, 3.05) is 0 Å². The van der Waals surface area contributed by atoms with Crippen LogP contribution in [-0.4, -0.2) is 16.0 Å². The zero-order valence-electron chi connectivity index (χ0n) is 11.4. The Morgan fingerprint density at radius 2 is 1.90 bits per heavy atom. The fraction of sp³-hybridized carbons (Fsp3) is 0.250. The summed E-state index contributed by atoms with van der Waals surface area (Å²) in [5.41, 5.74) is 4.23. The molecule has 0 bridgehead atoms. The summed E-state index contributed by atoms with van der Waals surface area (Å²) in [4.78, 5) is 18.0. The van der Waals surface area contributed by atoms with Gasteiger partial charge in [0.05, 0.1) is 0 Å². The highest BCUT2D eigenvalue weighted by atomic mass is 16.6. The van der Waals surface area contributed by atoms with Crippen LogP contribution in [0.2, 0.25) is 0 Å². The van der Waals surface area contributed by atoms with Crippen LogP contribution in [-0.2, 0) is 24.4 Å². The van der Waals surface area contributed by atoms with Gasteiger partial charge in [0, 0.05) is 30.5 Å². The second kappa shape index (κ2) is 5.33. The molecule has 1 aromatic carbocycles. The number of benzene rings is 1. The van der Waals surface area contributed by atoms with Crippen LogP contribution in [0.15, 0.2) is 42.6 Å². The number of aryl methyl sites for hydroxylation is 1. The normalized spacial score (nSPS) is 13.2. The van der Waals surface area contributed by atoms with Crippen molar-refractivity contribution in [2.45, 2.75) is 26.6 Å². The smallest absolute Gasteiger partial charge is 0.410 e. The molecule has 0 saturated carbocycles. The number of rotatable bonds is 2. The number of pyridine rings is 1. The topological polar surface area (TPSA) is 42.4 Å². The van der Waals surface area contributed by atoms with Gasteiger partial charge >= 0.3 is 6.09 Å². The van der Waals surface area contributed by atoms with Crippen LogP contribution in [0.5, 0.6) is 0 Å². The molecule has 1 aliphatic rings. The molecule has 1 amide bonds. The van der Waals surface area contributed by atoms with E-state index in [4.69, 9.17) is 4.74 Å². The van der Waals surface area contributed by atoms with E-state index in [-0.39, 0.29) is 12.7 Å². The third-order valence-corrected chi connectivity index (χ3v) is 3.57. The Labute approximate surface area is 118 Å². The van der Waals surface area contributed by atoms with Crippen molar-refractivity contribution in [2.24, 2.45) is 0 Å². The van der Waals surface area contributed by atoms with Crippen molar-refractivity contribution in [3.05, 3.63) is 65.0 Å². The Balaban J connectivity index is 1.61. The van der Waals surface area contributed by atoms with Gasteiger partial charge < -0.3 is 4.74 Å². The quantitative estimate of drug-likeness (QED) is 0.840. The van der Waals surface area contributed by atoms with Gasteiger partial charge in [-0.1, -0.05) is 30.3 Å². The maximum absolute atomic E-state index is 12.1. The number of aromatic nitrogens is 1. The zero-order chi connectivity index (χ0) is 13.9. The first kappa shape index (κ1) is 12.7. The monoisotopic (exact) mass is 268 g/mol. The van der Waals surface area contributed by atoms with Gasteiger partial charge in [0.2, 0.25) is 0 Å². The standard InChI is InChI=1S/C16H16N2O2/c1-12-15(7-4-8-17-12)11-20-16(19)18-9-13-5-2-3-6-14(13)10-18/h2-8H,9-11H2,1H3. The van der Waals surface area contributed by atoms with E-state index in [1.807, 2.05) is 43.3 Å². The van der Waals surface area contributed by atoms with E-state index in [2.05, 4.69) is 4.98 Å². The lowest BCUT2D eigenvalue weighted by molar-refractivity contribution is 0.0952. The molecule has 1 aromatic heterocycles. The summed E-state index contributed by atoms with van der Waals surface area (Å²) in [7, 11) is 0. The predicted octanol–water partition coefficient (Wildman–Crippen LogP) is 3.04. The van der Waals surface area contributed by atoms with Gasteiger partial charge in [-0.25, -0.2) is 4.79 Å². The lowest BCUT2D eigenvalue weighted by Gasteiger charge is -2.15. The third-order valence-electron chi connectivity index (χ3n) is 3.57. The first-order valence-electron chi connectivity index (χ1n) is 6.63. The number of fused-ring (bicyclic) bond motifs is 1. The number of nitrogens with zero attached hydrogens (tertiary/aromatic N) is 2. The molecule has 0 atom stereocenters. The van der Waals surface area contributed by atoms with Gasteiger partial charge in [-0.2, -0.15) is 0 Å². The van der Waals surface area contributed by atoms with Gasteiger partial charge in [-0.05, 0) is 24.1 Å². The maximum atomic E-state index is 12.1. The largest absolute Gasteiger partial charge is 0.444 e. The number of carbonyl (C=O) groups excluding carboxylic acids is 1. The minimum Gasteiger partial charge on any atom is -0.444 e. The van der Waals surface area contributed by atoms with E-state index in [1.54, 1.807) is 11.1 Å². The molecule has 0 unspecified atom stereocenters. The summed E-state index contributed by atoms with van der Waals surface area (Å²) in [5, 5.41) is 0. The molecule has 4 nitrogen and oxygen atoms in total. The fourth-order valence-electron chi connectivity index (χ4n) is 2.36. The van der Waals surface area contributed by atoms with Crippen LogP contribution in [0.1, 0.15) is 22.4 Å². The van der Waals surface area contributed by atoms with Gasteiger partial charge in [-0.15, -0.1) is 0 Å². The Hall–Kier alpha value is -2.36. The van der Waals surface area contributed by atoms with Crippen LogP contribution in [0.3, 0.4) is 0 Å². The molecular weight excluding hydrogens is 252 g/mol. The predicted molar refractivity (Wildman–Crippen MR) is 74.8 cm³/mol. The maximum Gasteiger partial charge on any atom is 0.410 e. The van der Waals surface area contributed by atoms with E-state index in [0.717, 1.165) is 11.3 Å². The van der Waals surface area contributed by atoms with Crippen LogP contribution < -0.4 is 0 Å². The summed E-state index contributed by atoms with van der Waals surface area (Å²) in [5.74, 6) is 0. The average Bonchev–Trinajstić information content (AvgIpc) is 2.90. The molecular formula is C16H16N2O2. The number of hydrogen-bond donors (Lipinski definition) is 0. The molecule has 0 radical (unpaired) electrons. The first-order valence-corrected chi connectivity index (χ1v) is 6.63. The molecule has 0 saturated heterocycles. The SMILES string of the molecule is Cc1ncccc1COC(=O)N1Cc2ccccc2C1. The van der Waals surface area contributed by atoms with Crippen LogP contribution in [0.4, 0.5) is 4.79 Å². The van der Waals surface area contributed by atoms with E-state index in [1.165, 1.54) is 11.1 Å². The van der Waals surface area contributed by atoms with E-state index < -0.39 is 0 Å². The van der Waals surface area contributed by atoms with Crippen molar-refractivity contribution in [1.82, 2.24) is 9.88 Å². The molecule has 102 valence electrons. The van der Waals surface area contributed by atoms with Gasteiger partial charge in [0.25, 0.3) is 0 Å². The summed E-state index contributed by atoms with van der Waals surface area (Å²) in [6.45, 7) is 3.43. The lowest BCUT2D eigenvalue weighted by Crippen LogP contribution is -2.26. The van der Waals surface area contributed by atoms with E-state index in [0.29, 0.717) is 13.1 Å². The number of hydrogen-bond acceptors (Lipinski definition) is 3. The highest BCUT2D eigenvalue weighted by Crippen LogP contribution is 2.23. The molecule has 2 heterocycles. The van der Waals surface area contributed by atoms with Crippen molar-refractivity contribution < 1.29 is 9.53 Å². The first-order chi connectivity index (χ1) is 9.74. The van der Waals surface area contributed by atoms with Gasteiger partial charge in [0.15, 0.2) is 0 Å². The lowest BCUT2D eigenvalue weighted by atomic mass is 10.1. The molecule has 0 fully saturated rings. The average molecular weight is 268 g/mol. The third kappa shape index (κ3) is 2.50. The number of amides is 1. The number of carbonyl (C=O) groups is 1. The number of ether oxygens (including phenoxy) is 1. The van der Waals surface area contributed by atoms with Crippen LogP contribution in [0.25, 0.3) is 0 Å². The molecule has 0 aliphatic carbocycles. The van der Waals surface area contributed by atoms with Crippen molar-refractivity contribution in [1.29, 1.82) is 0 Å². The van der Waals surface area contributed by atoms with E-state index in [9.17, 15) is 4.79 Å².